The molecular formula is C23H32ClN3S. The Hall–Kier alpha value is -1.00. The van der Waals surface area contributed by atoms with Crippen molar-refractivity contribution in [3.8, 4) is 0 Å². The maximum atomic E-state index is 6.16. The third kappa shape index (κ3) is 3.52. The second kappa shape index (κ2) is 7.36. The van der Waals surface area contributed by atoms with Gasteiger partial charge in [0.25, 0.3) is 0 Å². The third-order valence-electron chi connectivity index (χ3n) is 8.08. The lowest BCUT2D eigenvalue weighted by Crippen LogP contribution is -2.59. The largest absolute Gasteiger partial charge is 0.368 e. The van der Waals surface area contributed by atoms with Gasteiger partial charge in [0, 0.05) is 42.9 Å². The monoisotopic (exact) mass is 417 g/mol. The van der Waals surface area contributed by atoms with E-state index in [1.807, 2.05) is 12.1 Å². The number of hydrogen-bond acceptors (Lipinski definition) is 2. The van der Waals surface area contributed by atoms with Crippen molar-refractivity contribution < 1.29 is 0 Å². The molecule has 28 heavy (non-hydrogen) atoms. The molecule has 4 aliphatic carbocycles. The number of hydrogen-bond donors (Lipinski definition) is 1. The first-order valence-electron chi connectivity index (χ1n) is 11.1. The number of benzene rings is 1. The van der Waals surface area contributed by atoms with Crippen LogP contribution in [-0.4, -0.2) is 42.2 Å². The van der Waals surface area contributed by atoms with Crippen molar-refractivity contribution in [1.29, 1.82) is 0 Å². The van der Waals surface area contributed by atoms with Gasteiger partial charge < -0.3 is 15.1 Å². The van der Waals surface area contributed by atoms with Crippen LogP contribution in [0.25, 0.3) is 0 Å². The fraction of sp³-hybridized carbons (Fsp3) is 0.696. The summed E-state index contributed by atoms with van der Waals surface area (Å²) in [6.45, 7) is 6.35. The van der Waals surface area contributed by atoms with Crippen LogP contribution in [-0.2, 0) is 0 Å². The van der Waals surface area contributed by atoms with Gasteiger partial charge in [-0.1, -0.05) is 17.7 Å². The summed E-state index contributed by atoms with van der Waals surface area (Å²) in [6.07, 6.45) is 8.79. The van der Waals surface area contributed by atoms with Gasteiger partial charge in [0.05, 0.1) is 0 Å². The van der Waals surface area contributed by atoms with Crippen LogP contribution in [0.2, 0.25) is 5.02 Å². The van der Waals surface area contributed by atoms with Gasteiger partial charge in [-0.3, -0.25) is 0 Å². The average molecular weight is 418 g/mol. The normalized spacial score (nSPS) is 35.1. The molecule has 5 aliphatic rings. The molecule has 1 N–H and O–H groups in total. The van der Waals surface area contributed by atoms with E-state index in [2.05, 4.69) is 34.2 Å². The number of piperazine rings is 1. The molecule has 0 unspecified atom stereocenters. The predicted molar refractivity (Wildman–Crippen MR) is 121 cm³/mol. The molecule has 1 atom stereocenters. The number of anilines is 1. The van der Waals surface area contributed by atoms with Crippen molar-refractivity contribution in [1.82, 2.24) is 10.2 Å². The summed E-state index contributed by atoms with van der Waals surface area (Å²) in [4.78, 5) is 4.78. The Morgan fingerprint density at radius 3 is 2.25 bits per heavy atom. The first-order valence-corrected chi connectivity index (χ1v) is 11.9. The maximum Gasteiger partial charge on any atom is 0.169 e. The van der Waals surface area contributed by atoms with Gasteiger partial charge in [-0.2, -0.15) is 0 Å². The van der Waals surface area contributed by atoms with Crippen LogP contribution in [0.5, 0.6) is 0 Å². The Morgan fingerprint density at radius 2 is 1.68 bits per heavy atom. The SMILES string of the molecule is C[C@@H](NC(=S)N1CCN(c2cccc(Cl)c2)CC1)C12CC3CC(CC(C3)C1)C2. The quantitative estimate of drug-likeness (QED) is 0.701. The van der Waals surface area contributed by atoms with Crippen molar-refractivity contribution in [3.63, 3.8) is 0 Å². The van der Waals surface area contributed by atoms with E-state index in [0.717, 1.165) is 54.1 Å². The molecule has 1 aromatic rings. The van der Waals surface area contributed by atoms with E-state index in [1.165, 1.54) is 44.2 Å². The zero-order chi connectivity index (χ0) is 19.3. The zero-order valence-corrected chi connectivity index (χ0v) is 18.4. The van der Waals surface area contributed by atoms with Crippen molar-refractivity contribution >= 4 is 34.6 Å². The highest BCUT2D eigenvalue weighted by Crippen LogP contribution is 2.61. The standard InChI is InChI=1S/C23H32ClN3S/c1-16(23-13-17-9-18(14-23)11-19(10-17)15-23)25-22(28)27-7-5-26(6-8-27)21-4-2-3-20(24)12-21/h2-4,12,16-19H,5-11,13-15H2,1H3,(H,25,28)/t16-,17?,18?,19?,23?/m1/s1. The number of halogens is 1. The highest BCUT2D eigenvalue weighted by atomic mass is 35.5. The fourth-order valence-electron chi connectivity index (χ4n) is 6.98. The molecule has 152 valence electrons. The molecule has 1 saturated heterocycles. The Morgan fingerprint density at radius 1 is 1.07 bits per heavy atom. The maximum absolute atomic E-state index is 6.16. The molecule has 0 radical (unpaired) electrons. The number of nitrogens with zero attached hydrogens (tertiary/aromatic N) is 2. The van der Waals surface area contributed by atoms with Crippen molar-refractivity contribution in [2.75, 3.05) is 31.1 Å². The molecule has 0 amide bonds. The fourth-order valence-corrected chi connectivity index (χ4v) is 7.52. The molecule has 5 fully saturated rings. The van der Waals surface area contributed by atoms with E-state index in [9.17, 15) is 0 Å². The minimum Gasteiger partial charge on any atom is -0.368 e. The van der Waals surface area contributed by atoms with Gasteiger partial charge in [0.1, 0.15) is 0 Å². The molecule has 1 aliphatic heterocycles. The molecule has 1 aromatic carbocycles. The molecule has 0 spiro atoms. The van der Waals surface area contributed by atoms with Gasteiger partial charge in [-0.05, 0) is 99.0 Å². The van der Waals surface area contributed by atoms with Crippen LogP contribution in [0.1, 0.15) is 45.4 Å². The van der Waals surface area contributed by atoms with Gasteiger partial charge in [-0.15, -0.1) is 0 Å². The second-order valence-electron chi connectivity index (χ2n) is 9.91. The van der Waals surface area contributed by atoms with Crippen molar-refractivity contribution in [2.24, 2.45) is 23.2 Å². The van der Waals surface area contributed by atoms with Crippen LogP contribution in [0, 0.1) is 23.2 Å². The molecule has 0 aromatic heterocycles. The number of thiocarbonyl (C=S) groups is 1. The molecule has 3 nitrogen and oxygen atoms in total. The Bertz CT molecular complexity index is 708. The lowest BCUT2D eigenvalue weighted by molar-refractivity contribution is -0.0675. The van der Waals surface area contributed by atoms with Gasteiger partial charge in [-0.25, -0.2) is 0 Å². The van der Waals surface area contributed by atoms with Gasteiger partial charge >= 0.3 is 0 Å². The van der Waals surface area contributed by atoms with Crippen molar-refractivity contribution in [3.05, 3.63) is 29.3 Å². The lowest BCUT2D eigenvalue weighted by Gasteiger charge is -2.59. The van der Waals surface area contributed by atoms with E-state index in [-0.39, 0.29) is 0 Å². The van der Waals surface area contributed by atoms with E-state index >= 15 is 0 Å². The van der Waals surface area contributed by atoms with Crippen LogP contribution in [0.4, 0.5) is 5.69 Å². The van der Waals surface area contributed by atoms with E-state index in [4.69, 9.17) is 23.8 Å². The summed E-state index contributed by atoms with van der Waals surface area (Å²) in [5.74, 6) is 2.97. The summed E-state index contributed by atoms with van der Waals surface area (Å²) in [5.41, 5.74) is 1.72. The number of nitrogens with one attached hydrogen (secondary N) is 1. The molecule has 5 heteroatoms. The summed E-state index contributed by atoms with van der Waals surface area (Å²) in [6, 6.07) is 8.67. The second-order valence-corrected chi connectivity index (χ2v) is 10.7. The van der Waals surface area contributed by atoms with Crippen LogP contribution in [0.15, 0.2) is 24.3 Å². The predicted octanol–water partition coefficient (Wildman–Crippen LogP) is 4.94. The summed E-state index contributed by atoms with van der Waals surface area (Å²) < 4.78 is 0. The van der Waals surface area contributed by atoms with Crippen LogP contribution in [0.3, 0.4) is 0 Å². The Balaban J connectivity index is 1.18. The summed E-state index contributed by atoms with van der Waals surface area (Å²) in [7, 11) is 0. The molecule has 1 heterocycles. The molecule has 4 bridgehead atoms. The summed E-state index contributed by atoms with van der Waals surface area (Å²) >= 11 is 12.0. The first-order chi connectivity index (χ1) is 13.5. The van der Waals surface area contributed by atoms with E-state index in [1.54, 1.807) is 0 Å². The molecule has 4 saturated carbocycles. The van der Waals surface area contributed by atoms with E-state index < -0.39 is 0 Å². The summed E-state index contributed by atoms with van der Waals surface area (Å²) in [5, 5.41) is 5.56. The van der Waals surface area contributed by atoms with Gasteiger partial charge in [0.15, 0.2) is 5.11 Å². The minimum absolute atomic E-state index is 0.499. The van der Waals surface area contributed by atoms with Crippen LogP contribution >= 0.6 is 23.8 Å². The highest BCUT2D eigenvalue weighted by molar-refractivity contribution is 7.80. The van der Waals surface area contributed by atoms with Gasteiger partial charge in [0.2, 0.25) is 0 Å². The smallest absolute Gasteiger partial charge is 0.169 e. The minimum atomic E-state index is 0.499. The van der Waals surface area contributed by atoms with E-state index in [0.29, 0.717) is 11.5 Å². The average Bonchev–Trinajstić information content (AvgIpc) is 2.67. The van der Waals surface area contributed by atoms with Crippen LogP contribution < -0.4 is 10.2 Å². The molecule has 6 rings (SSSR count). The Labute approximate surface area is 179 Å². The third-order valence-corrected chi connectivity index (χ3v) is 8.70. The highest BCUT2D eigenvalue weighted by Gasteiger charge is 2.53. The first kappa shape index (κ1) is 19.0. The van der Waals surface area contributed by atoms with Crippen molar-refractivity contribution in [2.45, 2.75) is 51.5 Å². The number of rotatable bonds is 3. The topological polar surface area (TPSA) is 18.5 Å². The molecular weight excluding hydrogens is 386 g/mol. The Kier molecular flexibility index (Phi) is 4.99. The lowest BCUT2D eigenvalue weighted by atomic mass is 9.48. The zero-order valence-electron chi connectivity index (χ0n) is 16.9.